The fourth-order valence-electron chi connectivity index (χ4n) is 1.45. The first-order chi connectivity index (χ1) is 6.25. The van der Waals surface area contributed by atoms with E-state index in [9.17, 15) is 4.79 Å². The molecule has 1 aromatic carbocycles. The number of hydrogen-bond acceptors (Lipinski definition) is 3. The predicted molar refractivity (Wildman–Crippen MR) is 48.2 cm³/mol. The second-order valence-electron chi connectivity index (χ2n) is 2.83. The van der Waals surface area contributed by atoms with Gasteiger partial charge in [-0.2, -0.15) is 0 Å². The zero-order valence-corrected chi connectivity index (χ0v) is 7.06. The van der Waals surface area contributed by atoms with E-state index in [4.69, 9.17) is 5.21 Å². The van der Waals surface area contributed by atoms with Crippen LogP contribution in [-0.4, -0.2) is 23.9 Å². The van der Waals surface area contributed by atoms with Crippen LogP contribution in [0.15, 0.2) is 29.4 Å². The molecular formula is C9H8N2O2. The lowest BCUT2D eigenvalue weighted by Gasteiger charge is -2.07. The summed E-state index contributed by atoms with van der Waals surface area (Å²) in [6.45, 7) is 0. The summed E-state index contributed by atoms with van der Waals surface area (Å²) in [4.78, 5) is 12.9. The molecule has 1 heterocycles. The predicted octanol–water partition coefficient (Wildman–Crippen LogP) is 0.841. The molecule has 0 atom stereocenters. The number of fused-ring (bicyclic) bond motifs is 1. The van der Waals surface area contributed by atoms with Gasteiger partial charge in [0.15, 0.2) is 5.71 Å². The molecule has 0 spiro atoms. The minimum absolute atomic E-state index is 0.109. The van der Waals surface area contributed by atoms with Gasteiger partial charge in [0.05, 0.1) is 5.69 Å². The van der Waals surface area contributed by atoms with Crippen LogP contribution in [0.5, 0.6) is 0 Å². The van der Waals surface area contributed by atoms with E-state index >= 15 is 0 Å². The summed E-state index contributed by atoms with van der Waals surface area (Å²) in [6, 6.07) is 7.20. The van der Waals surface area contributed by atoms with Crippen LogP contribution >= 0.6 is 0 Å². The van der Waals surface area contributed by atoms with Gasteiger partial charge in [-0.25, -0.2) is 0 Å². The number of carbonyl (C=O) groups excluding carboxylic acids is 1. The quantitative estimate of drug-likeness (QED) is 0.470. The molecule has 1 aliphatic heterocycles. The summed E-state index contributed by atoms with van der Waals surface area (Å²) in [5, 5.41) is 11.6. The smallest absolute Gasteiger partial charge is 0.280 e. The molecule has 0 aliphatic carbocycles. The molecule has 0 unspecified atom stereocenters. The third-order valence-corrected chi connectivity index (χ3v) is 2.13. The second kappa shape index (κ2) is 2.58. The molecule has 4 heteroatoms. The molecule has 1 aliphatic rings. The molecule has 0 bridgehead atoms. The largest absolute Gasteiger partial charge is 0.410 e. The maximum absolute atomic E-state index is 11.4. The van der Waals surface area contributed by atoms with Crippen LogP contribution in [0.1, 0.15) is 5.56 Å². The van der Waals surface area contributed by atoms with Crippen LogP contribution in [0.2, 0.25) is 0 Å². The van der Waals surface area contributed by atoms with Crippen molar-refractivity contribution in [2.45, 2.75) is 0 Å². The highest BCUT2D eigenvalue weighted by atomic mass is 16.4. The molecule has 1 aromatic rings. The van der Waals surface area contributed by atoms with Crippen molar-refractivity contribution >= 4 is 17.3 Å². The van der Waals surface area contributed by atoms with Gasteiger partial charge < -0.3 is 10.1 Å². The summed E-state index contributed by atoms with van der Waals surface area (Å²) >= 11 is 0. The summed E-state index contributed by atoms with van der Waals surface area (Å²) in [5.41, 5.74) is 1.57. The normalized spacial score (nSPS) is 18.1. The van der Waals surface area contributed by atoms with E-state index in [1.807, 2.05) is 12.1 Å². The lowest BCUT2D eigenvalue weighted by atomic mass is 10.1. The minimum atomic E-state index is -0.274. The Morgan fingerprint density at radius 2 is 2.08 bits per heavy atom. The summed E-state index contributed by atoms with van der Waals surface area (Å²) < 4.78 is 0. The van der Waals surface area contributed by atoms with E-state index < -0.39 is 0 Å². The lowest BCUT2D eigenvalue weighted by Crippen LogP contribution is -2.25. The van der Waals surface area contributed by atoms with Gasteiger partial charge in [0.25, 0.3) is 5.91 Å². The first-order valence-corrected chi connectivity index (χ1v) is 3.85. The first-order valence-electron chi connectivity index (χ1n) is 3.85. The van der Waals surface area contributed by atoms with Crippen molar-refractivity contribution in [3.63, 3.8) is 0 Å². The monoisotopic (exact) mass is 176 g/mol. The molecule has 66 valence electrons. The summed E-state index contributed by atoms with van der Waals surface area (Å²) in [5.74, 6) is -0.274. The number of amides is 1. The molecule has 1 N–H and O–H groups in total. The molecule has 0 radical (unpaired) electrons. The highest BCUT2D eigenvalue weighted by Crippen LogP contribution is 2.26. The van der Waals surface area contributed by atoms with Gasteiger partial charge >= 0.3 is 0 Å². The van der Waals surface area contributed by atoms with Crippen LogP contribution in [0.4, 0.5) is 5.69 Å². The topological polar surface area (TPSA) is 52.9 Å². The van der Waals surface area contributed by atoms with E-state index in [0.29, 0.717) is 5.56 Å². The van der Waals surface area contributed by atoms with Crippen molar-refractivity contribution in [2.24, 2.45) is 5.16 Å². The Labute approximate surface area is 75.1 Å². The fraction of sp³-hybridized carbons (Fsp3) is 0.111. The molecular weight excluding hydrogens is 168 g/mol. The molecule has 0 saturated heterocycles. The fourth-order valence-corrected chi connectivity index (χ4v) is 1.45. The Morgan fingerprint density at radius 1 is 1.38 bits per heavy atom. The number of oxime groups is 1. The third-order valence-electron chi connectivity index (χ3n) is 2.13. The number of benzene rings is 1. The van der Waals surface area contributed by atoms with Crippen LogP contribution < -0.4 is 4.90 Å². The van der Waals surface area contributed by atoms with Gasteiger partial charge in [-0.05, 0) is 6.07 Å². The van der Waals surface area contributed by atoms with Crippen LogP contribution in [0.3, 0.4) is 0 Å². The SMILES string of the molecule is CN1C(=O)C(=NO)c2ccccc21. The maximum atomic E-state index is 11.4. The highest BCUT2D eigenvalue weighted by molar-refractivity contribution is 6.54. The van der Waals surface area contributed by atoms with Crippen molar-refractivity contribution in [3.8, 4) is 0 Å². The maximum Gasteiger partial charge on any atom is 0.280 e. The van der Waals surface area contributed by atoms with Crippen molar-refractivity contribution in [2.75, 3.05) is 11.9 Å². The number of rotatable bonds is 0. The standard InChI is InChI=1S/C9H8N2O2/c1-11-7-5-3-2-4-6(7)8(10-13)9(11)12/h2-5,13H,1H3. The van der Waals surface area contributed by atoms with Crippen molar-refractivity contribution < 1.29 is 10.0 Å². The van der Waals surface area contributed by atoms with Gasteiger partial charge in [-0.1, -0.05) is 23.4 Å². The van der Waals surface area contributed by atoms with Crippen molar-refractivity contribution in [3.05, 3.63) is 29.8 Å². The van der Waals surface area contributed by atoms with E-state index in [2.05, 4.69) is 5.16 Å². The average molecular weight is 176 g/mol. The number of anilines is 1. The van der Waals surface area contributed by atoms with Crippen LogP contribution in [-0.2, 0) is 4.79 Å². The lowest BCUT2D eigenvalue weighted by molar-refractivity contribution is -0.112. The Hall–Kier alpha value is -1.84. The molecule has 4 nitrogen and oxygen atoms in total. The number of hydrogen-bond donors (Lipinski definition) is 1. The number of para-hydroxylation sites is 1. The van der Waals surface area contributed by atoms with E-state index in [1.54, 1.807) is 19.2 Å². The zero-order valence-electron chi connectivity index (χ0n) is 7.06. The Kier molecular flexibility index (Phi) is 1.55. The van der Waals surface area contributed by atoms with Crippen LogP contribution in [0, 0.1) is 0 Å². The van der Waals surface area contributed by atoms with Gasteiger partial charge in [0, 0.05) is 12.6 Å². The Morgan fingerprint density at radius 3 is 2.77 bits per heavy atom. The van der Waals surface area contributed by atoms with Crippen LogP contribution in [0.25, 0.3) is 0 Å². The molecule has 13 heavy (non-hydrogen) atoms. The molecule has 0 saturated carbocycles. The Bertz CT molecular complexity index is 398. The number of nitrogens with zero attached hydrogens (tertiary/aromatic N) is 2. The molecule has 0 aromatic heterocycles. The van der Waals surface area contributed by atoms with Gasteiger partial charge in [0.1, 0.15) is 0 Å². The minimum Gasteiger partial charge on any atom is -0.410 e. The van der Waals surface area contributed by atoms with Crippen molar-refractivity contribution in [1.82, 2.24) is 0 Å². The van der Waals surface area contributed by atoms with Gasteiger partial charge in [0.2, 0.25) is 0 Å². The second-order valence-corrected chi connectivity index (χ2v) is 2.83. The first kappa shape index (κ1) is 7.79. The molecule has 1 amide bonds. The summed E-state index contributed by atoms with van der Waals surface area (Å²) in [6.07, 6.45) is 0. The Balaban J connectivity index is 2.67. The summed E-state index contributed by atoms with van der Waals surface area (Å²) in [7, 11) is 1.65. The third kappa shape index (κ3) is 0.917. The van der Waals surface area contributed by atoms with E-state index in [1.165, 1.54) is 4.90 Å². The van der Waals surface area contributed by atoms with E-state index in [0.717, 1.165) is 5.69 Å². The number of carbonyl (C=O) groups is 1. The van der Waals surface area contributed by atoms with Crippen molar-refractivity contribution in [1.29, 1.82) is 0 Å². The van der Waals surface area contributed by atoms with E-state index in [-0.39, 0.29) is 11.6 Å². The van der Waals surface area contributed by atoms with Gasteiger partial charge in [-0.3, -0.25) is 4.79 Å². The number of likely N-dealkylation sites (N-methyl/N-ethyl adjacent to an activating group) is 1. The molecule has 2 rings (SSSR count). The molecule has 0 fully saturated rings. The van der Waals surface area contributed by atoms with Gasteiger partial charge in [-0.15, -0.1) is 0 Å². The average Bonchev–Trinajstić information content (AvgIpc) is 2.41. The highest BCUT2D eigenvalue weighted by Gasteiger charge is 2.31. The zero-order chi connectivity index (χ0) is 9.42.